The fourth-order valence-electron chi connectivity index (χ4n) is 2.77. The standard InChI is InChI=1S/C24H36N2O6Si/c1-15-12-20(27)31-19-13-16(10-11-17(15)19)25-21(28)18(26-22(29)32-23(2,3)4)14-30-33(8,9)24(5,6)7/h10-13,18H,14H2,1-9H3,(H,25,28)(H,26,29). The molecule has 0 saturated heterocycles. The number of rotatable bonds is 6. The van der Waals surface area contributed by atoms with Gasteiger partial charge in [0.25, 0.3) is 0 Å². The number of hydrogen-bond acceptors (Lipinski definition) is 6. The minimum absolute atomic E-state index is 0.00331. The summed E-state index contributed by atoms with van der Waals surface area (Å²) in [5.41, 5.74) is 0.415. The zero-order valence-electron chi connectivity index (χ0n) is 21.0. The first-order valence-electron chi connectivity index (χ1n) is 11.0. The highest BCUT2D eigenvalue weighted by Crippen LogP contribution is 2.36. The Morgan fingerprint density at radius 1 is 1.09 bits per heavy atom. The zero-order chi connectivity index (χ0) is 25.2. The minimum atomic E-state index is -2.17. The molecule has 1 aromatic heterocycles. The maximum absolute atomic E-state index is 13.1. The number of carbonyl (C=O) groups is 2. The number of benzene rings is 1. The Hall–Kier alpha value is -2.65. The van der Waals surface area contributed by atoms with Crippen molar-refractivity contribution in [2.75, 3.05) is 11.9 Å². The third kappa shape index (κ3) is 7.43. The maximum Gasteiger partial charge on any atom is 0.408 e. The van der Waals surface area contributed by atoms with E-state index in [-0.39, 0.29) is 11.6 Å². The molecule has 2 N–H and O–H groups in total. The van der Waals surface area contributed by atoms with Crippen molar-refractivity contribution >= 4 is 37.0 Å². The Morgan fingerprint density at radius 2 is 1.73 bits per heavy atom. The van der Waals surface area contributed by atoms with Crippen molar-refractivity contribution in [2.24, 2.45) is 0 Å². The summed E-state index contributed by atoms with van der Waals surface area (Å²) < 4.78 is 16.8. The van der Waals surface area contributed by atoms with E-state index in [1.165, 1.54) is 6.07 Å². The van der Waals surface area contributed by atoms with Crippen LogP contribution in [-0.2, 0) is 14.0 Å². The lowest BCUT2D eigenvalue weighted by molar-refractivity contribution is -0.119. The Morgan fingerprint density at radius 3 is 2.30 bits per heavy atom. The van der Waals surface area contributed by atoms with Gasteiger partial charge in [-0.1, -0.05) is 20.8 Å². The van der Waals surface area contributed by atoms with Gasteiger partial charge in [0.15, 0.2) is 8.32 Å². The van der Waals surface area contributed by atoms with Crippen LogP contribution >= 0.6 is 0 Å². The van der Waals surface area contributed by atoms with Crippen molar-refractivity contribution in [1.29, 1.82) is 0 Å². The van der Waals surface area contributed by atoms with Gasteiger partial charge in [-0.2, -0.15) is 0 Å². The second-order valence-electron chi connectivity index (χ2n) is 10.7. The molecule has 1 aromatic carbocycles. The Bertz CT molecular complexity index is 1080. The van der Waals surface area contributed by atoms with Crippen molar-refractivity contribution in [1.82, 2.24) is 5.32 Å². The fraction of sp³-hybridized carbons (Fsp3) is 0.542. The smallest absolute Gasteiger partial charge is 0.408 e. The van der Waals surface area contributed by atoms with E-state index in [9.17, 15) is 14.4 Å². The topological polar surface area (TPSA) is 107 Å². The lowest BCUT2D eigenvalue weighted by Gasteiger charge is -2.37. The molecule has 182 valence electrons. The molecule has 0 radical (unpaired) electrons. The van der Waals surface area contributed by atoms with Gasteiger partial charge >= 0.3 is 11.7 Å². The Balaban J connectivity index is 2.25. The second kappa shape index (κ2) is 9.68. The lowest BCUT2D eigenvalue weighted by Crippen LogP contribution is -2.51. The van der Waals surface area contributed by atoms with Crippen molar-refractivity contribution in [3.63, 3.8) is 0 Å². The summed E-state index contributed by atoms with van der Waals surface area (Å²) in [4.78, 5) is 37.2. The summed E-state index contributed by atoms with van der Waals surface area (Å²) in [5, 5.41) is 6.12. The van der Waals surface area contributed by atoms with Gasteiger partial charge in [0.2, 0.25) is 5.91 Å². The molecular formula is C24H36N2O6Si. The van der Waals surface area contributed by atoms with Crippen molar-refractivity contribution < 1.29 is 23.2 Å². The van der Waals surface area contributed by atoms with E-state index < -0.39 is 37.6 Å². The molecule has 2 amide bonds. The van der Waals surface area contributed by atoms with Crippen LogP contribution in [0.2, 0.25) is 18.1 Å². The monoisotopic (exact) mass is 476 g/mol. The normalized spacial score (nSPS) is 13.5. The largest absolute Gasteiger partial charge is 0.444 e. The predicted octanol–water partition coefficient (Wildman–Crippen LogP) is 4.96. The molecule has 8 nitrogen and oxygen atoms in total. The van der Waals surface area contributed by atoms with Crippen LogP contribution in [-0.4, -0.2) is 38.6 Å². The third-order valence-corrected chi connectivity index (χ3v) is 10.1. The van der Waals surface area contributed by atoms with Crippen LogP contribution < -0.4 is 16.3 Å². The van der Waals surface area contributed by atoms with E-state index in [0.29, 0.717) is 11.3 Å². The molecule has 1 unspecified atom stereocenters. The summed E-state index contributed by atoms with van der Waals surface area (Å²) in [5.74, 6) is -0.464. The molecule has 0 aliphatic heterocycles. The molecule has 0 spiro atoms. The molecule has 2 rings (SSSR count). The van der Waals surface area contributed by atoms with Gasteiger partial charge in [-0.3, -0.25) is 4.79 Å². The van der Waals surface area contributed by atoms with Crippen LogP contribution in [0, 0.1) is 6.92 Å². The van der Waals surface area contributed by atoms with Gasteiger partial charge in [0.1, 0.15) is 17.2 Å². The molecule has 0 bridgehead atoms. The molecule has 33 heavy (non-hydrogen) atoms. The highest BCUT2D eigenvalue weighted by atomic mass is 28.4. The van der Waals surface area contributed by atoms with E-state index in [2.05, 4.69) is 44.5 Å². The summed E-state index contributed by atoms with van der Waals surface area (Å²) in [6, 6.07) is 5.51. The van der Waals surface area contributed by atoms with E-state index in [1.54, 1.807) is 39.0 Å². The molecule has 2 aromatic rings. The molecule has 9 heteroatoms. The summed E-state index contributed by atoms with van der Waals surface area (Å²) in [6.45, 7) is 17.5. The second-order valence-corrected chi connectivity index (χ2v) is 15.5. The Labute approximate surface area is 196 Å². The van der Waals surface area contributed by atoms with Gasteiger partial charge in [0.05, 0.1) is 6.61 Å². The first-order valence-corrected chi connectivity index (χ1v) is 13.9. The molecular weight excluding hydrogens is 440 g/mol. The number of nitrogens with one attached hydrogen (secondary N) is 2. The van der Waals surface area contributed by atoms with Gasteiger partial charge in [-0.25, -0.2) is 9.59 Å². The predicted molar refractivity (Wildman–Crippen MR) is 132 cm³/mol. The van der Waals surface area contributed by atoms with Crippen LogP contribution in [0.15, 0.2) is 33.5 Å². The number of amides is 2. The molecule has 0 aliphatic carbocycles. The fourth-order valence-corrected chi connectivity index (χ4v) is 3.79. The average molecular weight is 477 g/mol. The summed E-state index contributed by atoms with van der Waals surface area (Å²) in [7, 11) is -2.17. The van der Waals surface area contributed by atoms with E-state index in [4.69, 9.17) is 13.6 Å². The van der Waals surface area contributed by atoms with Crippen molar-refractivity contribution in [3.8, 4) is 0 Å². The molecule has 0 saturated carbocycles. The number of fused-ring (bicyclic) bond motifs is 1. The Kier molecular flexibility index (Phi) is 7.81. The third-order valence-electron chi connectivity index (χ3n) is 5.64. The first-order chi connectivity index (χ1) is 15.0. The minimum Gasteiger partial charge on any atom is -0.444 e. The van der Waals surface area contributed by atoms with Gasteiger partial charge in [0, 0.05) is 23.2 Å². The van der Waals surface area contributed by atoms with Crippen molar-refractivity contribution in [3.05, 3.63) is 40.2 Å². The maximum atomic E-state index is 13.1. The van der Waals surface area contributed by atoms with Crippen molar-refractivity contribution in [2.45, 2.75) is 78.2 Å². The van der Waals surface area contributed by atoms with Gasteiger partial charge in [-0.05, 0) is 63.5 Å². The van der Waals surface area contributed by atoms with Crippen LogP contribution in [0.5, 0.6) is 0 Å². The highest BCUT2D eigenvalue weighted by molar-refractivity contribution is 6.74. The number of carbonyl (C=O) groups excluding carboxylic acids is 2. The molecule has 1 heterocycles. The van der Waals surface area contributed by atoms with E-state index >= 15 is 0 Å². The quantitative estimate of drug-likeness (QED) is 0.451. The summed E-state index contributed by atoms with van der Waals surface area (Å²) >= 11 is 0. The number of alkyl carbamates (subject to hydrolysis) is 1. The van der Waals surface area contributed by atoms with Crippen LogP contribution in [0.1, 0.15) is 47.1 Å². The van der Waals surface area contributed by atoms with Gasteiger partial charge in [-0.15, -0.1) is 0 Å². The molecule has 0 aliphatic rings. The number of ether oxygens (including phenoxy) is 1. The van der Waals surface area contributed by atoms with Gasteiger partial charge < -0.3 is 24.2 Å². The summed E-state index contributed by atoms with van der Waals surface area (Å²) in [6.07, 6.45) is -0.707. The lowest BCUT2D eigenvalue weighted by atomic mass is 10.1. The zero-order valence-corrected chi connectivity index (χ0v) is 22.0. The first kappa shape index (κ1) is 26.6. The van der Waals surface area contributed by atoms with E-state index in [0.717, 1.165) is 10.9 Å². The number of hydrogen-bond donors (Lipinski definition) is 2. The van der Waals surface area contributed by atoms with Crippen LogP contribution in [0.4, 0.5) is 10.5 Å². The number of aryl methyl sites for hydroxylation is 1. The highest BCUT2D eigenvalue weighted by Gasteiger charge is 2.38. The molecule has 1 atom stereocenters. The van der Waals surface area contributed by atoms with E-state index in [1.807, 2.05) is 6.92 Å². The molecule has 0 fully saturated rings. The SMILES string of the molecule is Cc1cc(=O)oc2cc(NC(=O)C(CO[Si](C)(C)C(C)(C)C)NC(=O)OC(C)(C)C)ccc12. The number of anilines is 1. The van der Waals surface area contributed by atoms with Crippen LogP contribution in [0.3, 0.4) is 0 Å². The average Bonchev–Trinajstić information content (AvgIpc) is 2.62. The van der Waals surface area contributed by atoms with Crippen LogP contribution in [0.25, 0.3) is 11.0 Å².